The molecule has 0 bridgehead atoms. The van der Waals surface area contributed by atoms with Gasteiger partial charge in [-0.1, -0.05) is 13.8 Å². The zero-order chi connectivity index (χ0) is 9.56. The molecule has 0 aliphatic rings. The summed E-state index contributed by atoms with van der Waals surface area (Å²) in [6.45, 7) is 4.13. The van der Waals surface area contributed by atoms with E-state index in [1.54, 1.807) is 0 Å². The number of rotatable bonds is 0. The number of hydrogen-bond acceptors (Lipinski definition) is 3. The van der Waals surface area contributed by atoms with Crippen LogP contribution in [0.3, 0.4) is 0 Å². The van der Waals surface area contributed by atoms with E-state index in [1.807, 2.05) is 19.1 Å². The summed E-state index contributed by atoms with van der Waals surface area (Å²) < 4.78 is 0. The average Bonchev–Trinajstić information content (AvgIpc) is 1.84. The molecule has 66 valence electrons. The van der Waals surface area contributed by atoms with Gasteiger partial charge in [0, 0.05) is 0 Å². The maximum Gasteiger partial charge on any atom is 1.00 e. The molecular formula is C8H12BNaO3. The van der Waals surface area contributed by atoms with Gasteiger partial charge in [-0.05, 0) is 0 Å². The zero-order valence-corrected chi connectivity index (χ0v) is 10.2. The van der Waals surface area contributed by atoms with Crippen molar-refractivity contribution in [3.05, 3.63) is 35.4 Å². The smallest absolute Gasteiger partial charge is 0.402 e. The molecule has 1 rings (SSSR count). The monoisotopic (exact) mass is 190 g/mol. The Morgan fingerprint density at radius 2 is 1.69 bits per heavy atom. The van der Waals surface area contributed by atoms with E-state index in [-0.39, 0.29) is 29.6 Å². The van der Waals surface area contributed by atoms with Crippen molar-refractivity contribution in [2.75, 3.05) is 0 Å². The standard InChI is InChI=1S/C8H9.BH3O3.Na/c1-7-4-3-5-8(2)6-7;2-1(3)4;/h3-4,6H,1-2H3;2-4H;/q-1;;+1. The summed E-state index contributed by atoms with van der Waals surface area (Å²) in [6.07, 6.45) is 0. The molecule has 0 saturated carbocycles. The number of aryl methyl sites for hydroxylation is 2. The van der Waals surface area contributed by atoms with Crippen molar-refractivity contribution in [1.82, 2.24) is 0 Å². The SMILES string of the molecule is Cc1[c-]ccc(C)c1.OB(O)O.[Na+]. The van der Waals surface area contributed by atoms with E-state index in [1.165, 1.54) is 11.1 Å². The number of hydrogen-bond donors (Lipinski definition) is 3. The molecular weight excluding hydrogens is 178 g/mol. The second kappa shape index (κ2) is 8.75. The fourth-order valence-electron chi connectivity index (χ4n) is 0.736. The van der Waals surface area contributed by atoms with Gasteiger partial charge in [0.15, 0.2) is 0 Å². The van der Waals surface area contributed by atoms with Crippen LogP contribution in [0.4, 0.5) is 0 Å². The molecule has 3 nitrogen and oxygen atoms in total. The van der Waals surface area contributed by atoms with Crippen molar-refractivity contribution < 1.29 is 44.6 Å². The molecule has 0 aromatic heterocycles. The van der Waals surface area contributed by atoms with E-state index >= 15 is 0 Å². The fourth-order valence-corrected chi connectivity index (χ4v) is 0.736. The Morgan fingerprint density at radius 1 is 1.23 bits per heavy atom. The Hall–Kier alpha value is 0.165. The van der Waals surface area contributed by atoms with Crippen molar-refractivity contribution >= 4 is 7.32 Å². The first-order valence-electron chi connectivity index (χ1n) is 3.51. The van der Waals surface area contributed by atoms with Gasteiger partial charge in [-0.25, -0.2) is 0 Å². The van der Waals surface area contributed by atoms with E-state index < -0.39 is 7.32 Å². The van der Waals surface area contributed by atoms with Crippen molar-refractivity contribution in [1.29, 1.82) is 0 Å². The van der Waals surface area contributed by atoms with Gasteiger partial charge in [0.2, 0.25) is 0 Å². The van der Waals surface area contributed by atoms with Gasteiger partial charge in [0.05, 0.1) is 0 Å². The predicted octanol–water partition coefficient (Wildman–Crippen LogP) is -2.94. The second-order valence-corrected chi connectivity index (χ2v) is 2.40. The minimum atomic E-state index is -2.17. The fraction of sp³-hybridized carbons (Fsp3) is 0.250. The van der Waals surface area contributed by atoms with Gasteiger partial charge >= 0.3 is 36.9 Å². The molecule has 0 amide bonds. The van der Waals surface area contributed by atoms with Crippen LogP contribution in [0.1, 0.15) is 11.1 Å². The molecule has 0 radical (unpaired) electrons. The molecule has 0 saturated heterocycles. The predicted molar refractivity (Wildman–Crippen MR) is 47.2 cm³/mol. The van der Waals surface area contributed by atoms with Crippen LogP contribution in [0.2, 0.25) is 0 Å². The molecule has 0 fully saturated rings. The van der Waals surface area contributed by atoms with Crippen LogP contribution < -0.4 is 29.6 Å². The third kappa shape index (κ3) is 12.2. The summed E-state index contributed by atoms with van der Waals surface area (Å²) >= 11 is 0. The Labute approximate surface area is 101 Å². The molecule has 5 heteroatoms. The summed E-state index contributed by atoms with van der Waals surface area (Å²) in [4.78, 5) is 0. The molecule has 0 aliphatic carbocycles. The summed E-state index contributed by atoms with van der Waals surface area (Å²) in [5.41, 5.74) is 2.52. The van der Waals surface area contributed by atoms with E-state index in [9.17, 15) is 0 Å². The summed E-state index contributed by atoms with van der Waals surface area (Å²) in [6, 6.07) is 9.18. The quantitative estimate of drug-likeness (QED) is 0.303. The topological polar surface area (TPSA) is 60.7 Å². The molecule has 3 N–H and O–H groups in total. The van der Waals surface area contributed by atoms with Crippen LogP contribution in [0.15, 0.2) is 18.2 Å². The van der Waals surface area contributed by atoms with Gasteiger partial charge in [0.1, 0.15) is 0 Å². The van der Waals surface area contributed by atoms with Gasteiger partial charge < -0.3 is 15.1 Å². The van der Waals surface area contributed by atoms with Gasteiger partial charge in [-0.3, -0.25) is 0 Å². The molecule has 0 atom stereocenters. The minimum absolute atomic E-state index is 0. The van der Waals surface area contributed by atoms with Crippen LogP contribution >= 0.6 is 0 Å². The average molecular weight is 190 g/mol. The van der Waals surface area contributed by atoms with Gasteiger partial charge in [0.25, 0.3) is 0 Å². The first kappa shape index (κ1) is 15.6. The van der Waals surface area contributed by atoms with Crippen molar-refractivity contribution in [3.8, 4) is 0 Å². The molecule has 0 heterocycles. The van der Waals surface area contributed by atoms with Crippen molar-refractivity contribution in [2.45, 2.75) is 13.8 Å². The van der Waals surface area contributed by atoms with E-state index in [4.69, 9.17) is 15.1 Å². The maximum absolute atomic E-state index is 7.17. The molecule has 0 aliphatic heterocycles. The van der Waals surface area contributed by atoms with Crippen molar-refractivity contribution in [3.63, 3.8) is 0 Å². The summed E-state index contributed by atoms with van der Waals surface area (Å²) in [5, 5.41) is 21.5. The van der Waals surface area contributed by atoms with Crippen LogP contribution in [0, 0.1) is 19.9 Å². The van der Waals surface area contributed by atoms with Gasteiger partial charge in [-0.2, -0.15) is 35.4 Å². The van der Waals surface area contributed by atoms with Crippen molar-refractivity contribution in [2.24, 2.45) is 0 Å². The first-order valence-corrected chi connectivity index (χ1v) is 3.51. The Bertz CT molecular complexity index is 210. The van der Waals surface area contributed by atoms with Crippen LogP contribution in [-0.4, -0.2) is 22.4 Å². The van der Waals surface area contributed by atoms with E-state index in [2.05, 4.69) is 19.1 Å². The maximum atomic E-state index is 7.17. The zero-order valence-electron chi connectivity index (χ0n) is 8.15. The molecule has 0 spiro atoms. The van der Waals surface area contributed by atoms with Gasteiger partial charge in [-0.15, -0.1) is 0 Å². The Kier molecular flexibility index (Phi) is 10.5. The van der Waals surface area contributed by atoms with E-state index in [0.717, 1.165) is 0 Å². The largest absolute Gasteiger partial charge is 1.00 e. The Balaban J connectivity index is 0. The third-order valence-corrected chi connectivity index (χ3v) is 1.10. The molecule has 0 unspecified atom stereocenters. The first-order chi connectivity index (χ1) is 5.52. The summed E-state index contributed by atoms with van der Waals surface area (Å²) in [5.74, 6) is 0. The van der Waals surface area contributed by atoms with Crippen LogP contribution in [0.5, 0.6) is 0 Å². The molecule has 1 aromatic rings. The van der Waals surface area contributed by atoms with Crippen LogP contribution in [-0.2, 0) is 0 Å². The Morgan fingerprint density at radius 3 is 1.92 bits per heavy atom. The minimum Gasteiger partial charge on any atom is -0.402 e. The van der Waals surface area contributed by atoms with E-state index in [0.29, 0.717) is 0 Å². The second-order valence-electron chi connectivity index (χ2n) is 2.40. The third-order valence-electron chi connectivity index (χ3n) is 1.10. The molecule has 1 aromatic carbocycles. The molecule has 13 heavy (non-hydrogen) atoms. The van der Waals surface area contributed by atoms with Crippen LogP contribution in [0.25, 0.3) is 0 Å². The normalized spacial score (nSPS) is 7.77. The number of benzene rings is 1. The summed E-state index contributed by atoms with van der Waals surface area (Å²) in [7, 11) is -2.17.